The lowest BCUT2D eigenvalue weighted by atomic mass is 10.1. The summed E-state index contributed by atoms with van der Waals surface area (Å²) in [4.78, 5) is 10.7. The average Bonchev–Trinajstić information content (AvgIpc) is 2.32. The van der Waals surface area contributed by atoms with Crippen molar-refractivity contribution in [3.05, 3.63) is 0 Å². The van der Waals surface area contributed by atoms with E-state index in [0.29, 0.717) is 0 Å². The third-order valence-electron chi connectivity index (χ3n) is 1.89. The van der Waals surface area contributed by atoms with Crippen LogP contribution < -0.4 is 0 Å². The van der Waals surface area contributed by atoms with E-state index in [1.807, 2.05) is 6.92 Å². The molecule has 0 aromatic rings. The highest BCUT2D eigenvalue weighted by atomic mass is 16.8. The zero-order valence-corrected chi connectivity index (χ0v) is 7.32. The molecular weight excluding hydrogens is 160 g/mol. The first-order valence-corrected chi connectivity index (χ1v) is 4.20. The Balaban J connectivity index is 2.53. The van der Waals surface area contributed by atoms with E-state index in [4.69, 9.17) is 9.47 Å². The van der Waals surface area contributed by atoms with Crippen molar-refractivity contribution in [2.75, 3.05) is 0 Å². The van der Waals surface area contributed by atoms with Crippen molar-refractivity contribution in [1.29, 1.82) is 0 Å². The zero-order chi connectivity index (χ0) is 9.14. The quantitative estimate of drug-likeness (QED) is 0.650. The standard InChI is InChI=1S/C8H14O4/c1-3-4-6-7(5(2)9)12-8(10)11-6/h5-7,9H,3-4H2,1-2H3. The molecule has 3 atom stereocenters. The number of hydrogen-bond donors (Lipinski definition) is 1. The molecule has 1 fully saturated rings. The number of carbonyl (C=O) groups is 1. The van der Waals surface area contributed by atoms with Gasteiger partial charge in [0.2, 0.25) is 0 Å². The largest absolute Gasteiger partial charge is 0.509 e. The Morgan fingerprint density at radius 3 is 2.75 bits per heavy atom. The first kappa shape index (κ1) is 9.32. The molecule has 1 rings (SSSR count). The molecule has 1 N–H and O–H groups in total. The van der Waals surface area contributed by atoms with Crippen molar-refractivity contribution in [3.8, 4) is 0 Å². The minimum absolute atomic E-state index is 0.275. The molecule has 0 bridgehead atoms. The molecule has 1 aliphatic heterocycles. The van der Waals surface area contributed by atoms with Crippen LogP contribution in [0.3, 0.4) is 0 Å². The van der Waals surface area contributed by atoms with Crippen LogP contribution in [0.25, 0.3) is 0 Å². The second kappa shape index (κ2) is 3.76. The van der Waals surface area contributed by atoms with Crippen LogP contribution in [0.15, 0.2) is 0 Å². The molecule has 0 spiro atoms. The maximum Gasteiger partial charge on any atom is 0.509 e. The fraction of sp³-hybridized carbons (Fsp3) is 0.875. The van der Waals surface area contributed by atoms with Crippen LogP contribution in [-0.2, 0) is 9.47 Å². The number of carbonyl (C=O) groups excluding carboxylic acids is 1. The van der Waals surface area contributed by atoms with Gasteiger partial charge in [-0.15, -0.1) is 0 Å². The summed E-state index contributed by atoms with van der Waals surface area (Å²) in [7, 11) is 0. The maximum atomic E-state index is 10.7. The predicted octanol–water partition coefficient (Wildman–Crippen LogP) is 1.07. The lowest BCUT2D eigenvalue weighted by Crippen LogP contribution is -2.32. The van der Waals surface area contributed by atoms with E-state index in [0.717, 1.165) is 12.8 Å². The van der Waals surface area contributed by atoms with Crippen molar-refractivity contribution in [1.82, 2.24) is 0 Å². The number of aliphatic hydroxyl groups excluding tert-OH is 1. The molecule has 0 aromatic carbocycles. The number of ether oxygens (including phenoxy) is 2. The van der Waals surface area contributed by atoms with Gasteiger partial charge in [-0.1, -0.05) is 13.3 Å². The van der Waals surface area contributed by atoms with Crippen molar-refractivity contribution in [2.24, 2.45) is 0 Å². The van der Waals surface area contributed by atoms with Gasteiger partial charge < -0.3 is 14.6 Å². The van der Waals surface area contributed by atoms with E-state index in [1.165, 1.54) is 0 Å². The number of hydrogen-bond acceptors (Lipinski definition) is 4. The highest BCUT2D eigenvalue weighted by Gasteiger charge is 2.38. The minimum Gasteiger partial charge on any atom is -0.427 e. The van der Waals surface area contributed by atoms with Crippen molar-refractivity contribution in [2.45, 2.75) is 45.0 Å². The fourth-order valence-corrected chi connectivity index (χ4v) is 1.32. The normalized spacial score (nSPS) is 31.1. The van der Waals surface area contributed by atoms with E-state index in [9.17, 15) is 9.90 Å². The Kier molecular flexibility index (Phi) is 2.92. The summed E-state index contributed by atoms with van der Waals surface area (Å²) in [5, 5.41) is 9.21. The highest BCUT2D eigenvalue weighted by Crippen LogP contribution is 2.21. The first-order chi connectivity index (χ1) is 5.65. The molecule has 0 radical (unpaired) electrons. The van der Waals surface area contributed by atoms with Crippen LogP contribution in [-0.4, -0.2) is 29.6 Å². The van der Waals surface area contributed by atoms with E-state index in [-0.39, 0.29) is 6.10 Å². The molecule has 12 heavy (non-hydrogen) atoms. The van der Waals surface area contributed by atoms with Gasteiger partial charge >= 0.3 is 6.16 Å². The second-order valence-corrected chi connectivity index (χ2v) is 3.02. The van der Waals surface area contributed by atoms with Crippen molar-refractivity contribution in [3.63, 3.8) is 0 Å². The van der Waals surface area contributed by atoms with Crippen LogP contribution in [0.4, 0.5) is 4.79 Å². The second-order valence-electron chi connectivity index (χ2n) is 3.02. The summed E-state index contributed by atoms with van der Waals surface area (Å²) in [6, 6.07) is 0. The molecule has 0 amide bonds. The number of cyclic esters (lactones) is 2. The van der Waals surface area contributed by atoms with Gasteiger partial charge in [0, 0.05) is 0 Å². The molecular formula is C8H14O4. The third kappa shape index (κ3) is 1.88. The Bertz CT molecular complexity index is 166. The van der Waals surface area contributed by atoms with Crippen LogP contribution in [0.5, 0.6) is 0 Å². The molecule has 70 valence electrons. The molecule has 1 heterocycles. The fourth-order valence-electron chi connectivity index (χ4n) is 1.32. The molecule has 0 saturated carbocycles. The summed E-state index contributed by atoms with van der Waals surface area (Å²) in [5.74, 6) is 0. The van der Waals surface area contributed by atoms with Gasteiger partial charge in [0.05, 0.1) is 6.10 Å². The van der Waals surface area contributed by atoms with Gasteiger partial charge in [0.1, 0.15) is 6.10 Å². The number of aliphatic hydroxyl groups is 1. The summed E-state index contributed by atoms with van der Waals surface area (Å²) in [5.41, 5.74) is 0. The average molecular weight is 174 g/mol. The molecule has 1 saturated heterocycles. The maximum absolute atomic E-state index is 10.7. The van der Waals surface area contributed by atoms with E-state index < -0.39 is 18.4 Å². The molecule has 0 aromatic heterocycles. The van der Waals surface area contributed by atoms with E-state index in [1.54, 1.807) is 6.92 Å². The molecule has 0 aliphatic carbocycles. The SMILES string of the molecule is CCCC1OC(=O)OC1C(C)O. The zero-order valence-electron chi connectivity index (χ0n) is 7.32. The van der Waals surface area contributed by atoms with Crippen LogP contribution in [0.2, 0.25) is 0 Å². The summed E-state index contributed by atoms with van der Waals surface area (Å²) in [6.07, 6.45) is -0.446. The van der Waals surface area contributed by atoms with Gasteiger partial charge in [0.25, 0.3) is 0 Å². The van der Waals surface area contributed by atoms with Crippen molar-refractivity contribution >= 4 is 6.16 Å². The minimum atomic E-state index is -0.667. The van der Waals surface area contributed by atoms with Crippen LogP contribution >= 0.6 is 0 Å². The Labute approximate surface area is 71.5 Å². The molecule has 3 unspecified atom stereocenters. The van der Waals surface area contributed by atoms with Gasteiger partial charge in [-0.3, -0.25) is 0 Å². The third-order valence-corrected chi connectivity index (χ3v) is 1.89. The summed E-state index contributed by atoms with van der Waals surface area (Å²) < 4.78 is 9.63. The first-order valence-electron chi connectivity index (χ1n) is 4.20. The molecule has 4 heteroatoms. The number of rotatable bonds is 3. The van der Waals surface area contributed by atoms with Gasteiger partial charge in [-0.25, -0.2) is 4.79 Å². The van der Waals surface area contributed by atoms with Gasteiger partial charge in [0.15, 0.2) is 6.10 Å². The summed E-state index contributed by atoms with van der Waals surface area (Å²) >= 11 is 0. The smallest absolute Gasteiger partial charge is 0.427 e. The highest BCUT2D eigenvalue weighted by molar-refractivity contribution is 5.62. The monoisotopic (exact) mass is 174 g/mol. The Morgan fingerprint density at radius 2 is 2.25 bits per heavy atom. The Morgan fingerprint density at radius 1 is 1.58 bits per heavy atom. The predicted molar refractivity (Wildman–Crippen MR) is 41.7 cm³/mol. The topological polar surface area (TPSA) is 55.8 Å². The van der Waals surface area contributed by atoms with Crippen LogP contribution in [0.1, 0.15) is 26.7 Å². The van der Waals surface area contributed by atoms with E-state index >= 15 is 0 Å². The lowest BCUT2D eigenvalue weighted by molar-refractivity contribution is 0.0223. The lowest BCUT2D eigenvalue weighted by Gasteiger charge is -2.16. The molecule has 1 aliphatic rings. The Hall–Kier alpha value is -0.770. The van der Waals surface area contributed by atoms with Crippen LogP contribution in [0, 0.1) is 0 Å². The van der Waals surface area contributed by atoms with Gasteiger partial charge in [-0.05, 0) is 13.3 Å². The molecule has 4 nitrogen and oxygen atoms in total. The summed E-state index contributed by atoms with van der Waals surface area (Å²) in [6.45, 7) is 3.58. The van der Waals surface area contributed by atoms with E-state index in [2.05, 4.69) is 0 Å². The van der Waals surface area contributed by atoms with Gasteiger partial charge in [-0.2, -0.15) is 0 Å². The van der Waals surface area contributed by atoms with Crippen molar-refractivity contribution < 1.29 is 19.4 Å².